The number of benzene rings is 2. The fourth-order valence-electron chi connectivity index (χ4n) is 2.36. The number of aromatic nitrogens is 1. The Morgan fingerprint density at radius 3 is 2.83 bits per heavy atom. The predicted molar refractivity (Wildman–Crippen MR) is 100 cm³/mol. The molecular weight excluding hydrogens is 399 g/mol. The van der Waals surface area contributed by atoms with Crippen LogP contribution in [0, 0.1) is 0 Å². The Labute approximate surface area is 152 Å². The summed E-state index contributed by atoms with van der Waals surface area (Å²) in [5.41, 5.74) is 2.44. The van der Waals surface area contributed by atoms with E-state index in [0.717, 1.165) is 27.0 Å². The van der Waals surface area contributed by atoms with Crippen molar-refractivity contribution in [1.29, 1.82) is 0 Å². The quantitative estimate of drug-likeness (QED) is 0.539. The normalized spacial score (nSPS) is 11.6. The van der Waals surface area contributed by atoms with Gasteiger partial charge in [0.2, 0.25) is 0 Å². The molecule has 2 N–H and O–H groups in total. The molecule has 0 bridgehead atoms. The lowest BCUT2D eigenvalue weighted by Gasteiger charge is -1.98. The van der Waals surface area contributed by atoms with Crippen molar-refractivity contribution in [1.82, 2.24) is 4.98 Å². The SMILES string of the molecule is Oc1c(C=NCCc2cccc(Cl)c2)[nH]c2ccc(Br)c(Cl)c12. The predicted octanol–water partition coefficient (Wildman–Crippen LogP) is 5.60. The minimum Gasteiger partial charge on any atom is -0.505 e. The van der Waals surface area contributed by atoms with E-state index < -0.39 is 0 Å². The summed E-state index contributed by atoms with van der Waals surface area (Å²) in [6.45, 7) is 0.604. The molecule has 118 valence electrons. The molecule has 0 amide bonds. The smallest absolute Gasteiger partial charge is 0.151 e. The Hall–Kier alpha value is -1.49. The number of rotatable bonds is 4. The monoisotopic (exact) mass is 410 g/mol. The molecule has 0 aliphatic heterocycles. The summed E-state index contributed by atoms with van der Waals surface area (Å²) < 4.78 is 0.741. The molecule has 1 aromatic heterocycles. The van der Waals surface area contributed by atoms with Gasteiger partial charge in [-0.2, -0.15) is 0 Å². The highest BCUT2D eigenvalue weighted by Crippen LogP contribution is 2.38. The topological polar surface area (TPSA) is 48.4 Å². The van der Waals surface area contributed by atoms with Crippen molar-refractivity contribution in [2.75, 3.05) is 6.54 Å². The van der Waals surface area contributed by atoms with Crippen molar-refractivity contribution >= 4 is 56.2 Å². The second kappa shape index (κ2) is 6.95. The summed E-state index contributed by atoms with van der Waals surface area (Å²) in [4.78, 5) is 7.47. The number of H-pyrrole nitrogens is 1. The van der Waals surface area contributed by atoms with E-state index in [2.05, 4.69) is 25.9 Å². The molecule has 0 spiro atoms. The zero-order chi connectivity index (χ0) is 16.4. The van der Waals surface area contributed by atoms with Gasteiger partial charge in [0.1, 0.15) is 0 Å². The molecule has 0 saturated heterocycles. The largest absolute Gasteiger partial charge is 0.505 e. The molecule has 0 unspecified atom stereocenters. The molecule has 0 radical (unpaired) electrons. The van der Waals surface area contributed by atoms with Crippen LogP contribution < -0.4 is 0 Å². The molecule has 0 atom stereocenters. The zero-order valence-electron chi connectivity index (χ0n) is 12.0. The molecule has 1 heterocycles. The first-order valence-corrected chi connectivity index (χ1v) is 8.54. The van der Waals surface area contributed by atoms with Crippen molar-refractivity contribution in [2.24, 2.45) is 4.99 Å². The van der Waals surface area contributed by atoms with E-state index in [0.29, 0.717) is 22.6 Å². The van der Waals surface area contributed by atoms with Gasteiger partial charge >= 0.3 is 0 Å². The van der Waals surface area contributed by atoms with Gasteiger partial charge in [0, 0.05) is 22.3 Å². The van der Waals surface area contributed by atoms with Crippen LogP contribution in [0.3, 0.4) is 0 Å². The number of nitrogens with zero attached hydrogens (tertiary/aromatic N) is 1. The van der Waals surface area contributed by atoms with Gasteiger partial charge in [-0.25, -0.2) is 0 Å². The van der Waals surface area contributed by atoms with E-state index in [-0.39, 0.29) is 5.75 Å². The number of hydrogen-bond donors (Lipinski definition) is 2. The first-order chi connectivity index (χ1) is 11.1. The highest BCUT2D eigenvalue weighted by atomic mass is 79.9. The van der Waals surface area contributed by atoms with Crippen LogP contribution in [0.2, 0.25) is 10.0 Å². The van der Waals surface area contributed by atoms with Gasteiger partial charge in [0.25, 0.3) is 0 Å². The molecule has 3 aromatic rings. The van der Waals surface area contributed by atoms with Gasteiger partial charge in [0.15, 0.2) is 5.75 Å². The van der Waals surface area contributed by atoms with Crippen LogP contribution >= 0.6 is 39.1 Å². The number of nitrogens with one attached hydrogen (secondary N) is 1. The van der Waals surface area contributed by atoms with Gasteiger partial charge in [-0.05, 0) is 52.2 Å². The summed E-state index contributed by atoms with van der Waals surface area (Å²) in [5, 5.41) is 12.1. The standard InChI is InChI=1S/C17H13BrCl2N2O/c18-12-4-5-13-15(16(12)20)17(23)14(22-13)9-21-7-6-10-2-1-3-11(19)8-10/h1-5,8-9,22-23H,6-7H2. The van der Waals surface area contributed by atoms with Gasteiger partial charge in [0.05, 0.1) is 21.6 Å². The summed E-state index contributed by atoms with van der Waals surface area (Å²) in [5.74, 6) is 0.109. The Balaban J connectivity index is 1.76. The van der Waals surface area contributed by atoms with Crippen molar-refractivity contribution < 1.29 is 5.11 Å². The molecular formula is C17H13BrCl2N2O. The molecule has 0 fully saturated rings. The molecule has 0 aliphatic carbocycles. The van der Waals surface area contributed by atoms with E-state index in [1.807, 2.05) is 36.4 Å². The molecule has 23 heavy (non-hydrogen) atoms. The minimum atomic E-state index is 0.109. The number of aromatic hydroxyl groups is 1. The average molecular weight is 412 g/mol. The second-order valence-electron chi connectivity index (χ2n) is 5.09. The fourth-order valence-corrected chi connectivity index (χ4v) is 3.16. The van der Waals surface area contributed by atoms with E-state index >= 15 is 0 Å². The number of aromatic amines is 1. The third-order valence-corrected chi connectivity index (χ3v) is 5.01. The molecule has 2 aromatic carbocycles. The Kier molecular flexibility index (Phi) is 4.95. The van der Waals surface area contributed by atoms with Crippen LogP contribution in [-0.2, 0) is 6.42 Å². The molecule has 6 heteroatoms. The maximum Gasteiger partial charge on any atom is 0.151 e. The molecule has 0 aliphatic rings. The lowest BCUT2D eigenvalue weighted by atomic mass is 10.1. The van der Waals surface area contributed by atoms with Crippen molar-refractivity contribution in [2.45, 2.75) is 6.42 Å². The van der Waals surface area contributed by atoms with E-state index in [1.165, 1.54) is 0 Å². The highest BCUT2D eigenvalue weighted by Gasteiger charge is 2.13. The molecule has 0 saturated carbocycles. The van der Waals surface area contributed by atoms with Crippen LogP contribution in [0.25, 0.3) is 10.9 Å². The Bertz CT molecular complexity index is 890. The van der Waals surface area contributed by atoms with Crippen LogP contribution in [-0.4, -0.2) is 22.8 Å². The maximum atomic E-state index is 10.3. The van der Waals surface area contributed by atoms with Crippen molar-refractivity contribution in [3.05, 3.63) is 62.2 Å². The van der Waals surface area contributed by atoms with E-state index in [9.17, 15) is 5.11 Å². The lowest BCUT2D eigenvalue weighted by Crippen LogP contribution is -1.91. The molecule has 3 rings (SSSR count). The first-order valence-electron chi connectivity index (χ1n) is 6.99. The number of halogens is 3. The fraction of sp³-hybridized carbons (Fsp3) is 0.118. The average Bonchev–Trinajstić information content (AvgIpc) is 2.85. The Morgan fingerprint density at radius 2 is 2.04 bits per heavy atom. The summed E-state index contributed by atoms with van der Waals surface area (Å²) >= 11 is 15.5. The lowest BCUT2D eigenvalue weighted by molar-refractivity contribution is 0.480. The maximum absolute atomic E-state index is 10.3. The van der Waals surface area contributed by atoms with E-state index in [1.54, 1.807) is 6.21 Å². The number of hydrogen-bond acceptors (Lipinski definition) is 2. The van der Waals surface area contributed by atoms with Crippen LogP contribution in [0.15, 0.2) is 45.9 Å². The third-order valence-electron chi connectivity index (χ3n) is 3.50. The minimum absolute atomic E-state index is 0.109. The molecule has 3 nitrogen and oxygen atoms in total. The summed E-state index contributed by atoms with van der Waals surface area (Å²) in [6, 6.07) is 11.4. The van der Waals surface area contributed by atoms with Crippen molar-refractivity contribution in [3.63, 3.8) is 0 Å². The van der Waals surface area contributed by atoms with Crippen LogP contribution in [0.4, 0.5) is 0 Å². The highest BCUT2D eigenvalue weighted by molar-refractivity contribution is 9.10. The van der Waals surface area contributed by atoms with Gasteiger partial charge < -0.3 is 10.1 Å². The summed E-state index contributed by atoms with van der Waals surface area (Å²) in [7, 11) is 0. The first kappa shape index (κ1) is 16.4. The number of fused-ring (bicyclic) bond motifs is 1. The second-order valence-corrected chi connectivity index (χ2v) is 6.76. The third kappa shape index (κ3) is 3.55. The Morgan fingerprint density at radius 1 is 1.22 bits per heavy atom. The van der Waals surface area contributed by atoms with Crippen LogP contribution in [0.5, 0.6) is 5.75 Å². The zero-order valence-corrected chi connectivity index (χ0v) is 15.1. The van der Waals surface area contributed by atoms with Gasteiger partial charge in [-0.1, -0.05) is 35.3 Å². The number of aliphatic imine (C=N–C) groups is 1. The summed E-state index contributed by atoms with van der Waals surface area (Å²) in [6.07, 6.45) is 2.41. The van der Waals surface area contributed by atoms with Gasteiger partial charge in [-0.3, -0.25) is 4.99 Å². The van der Waals surface area contributed by atoms with Gasteiger partial charge in [-0.15, -0.1) is 0 Å². The van der Waals surface area contributed by atoms with Crippen molar-refractivity contribution in [3.8, 4) is 5.75 Å². The van der Waals surface area contributed by atoms with E-state index in [4.69, 9.17) is 23.2 Å². The van der Waals surface area contributed by atoms with Crippen LogP contribution in [0.1, 0.15) is 11.3 Å².